The lowest BCUT2D eigenvalue weighted by atomic mass is 10.1. The number of nitrogens with one attached hydrogen (secondary N) is 2. The fourth-order valence-electron chi connectivity index (χ4n) is 3.73. The SMILES string of the molecule is Cc1ccc(CN2CC(C(=O)Nc3ccccc3NS(=O)(=O)c3ccccc3)CC2=O)cc1. The Hall–Kier alpha value is -3.65. The van der Waals surface area contributed by atoms with E-state index in [0.29, 0.717) is 18.8 Å². The van der Waals surface area contributed by atoms with Gasteiger partial charge >= 0.3 is 0 Å². The number of carbonyl (C=O) groups is 2. The van der Waals surface area contributed by atoms with Gasteiger partial charge in [-0.25, -0.2) is 8.42 Å². The summed E-state index contributed by atoms with van der Waals surface area (Å²) in [6.45, 7) is 2.77. The Labute approximate surface area is 193 Å². The lowest BCUT2D eigenvalue weighted by Gasteiger charge is -2.18. The van der Waals surface area contributed by atoms with Gasteiger partial charge in [-0.15, -0.1) is 0 Å². The molecule has 2 amide bonds. The molecule has 1 atom stereocenters. The number of sulfonamides is 1. The van der Waals surface area contributed by atoms with Gasteiger partial charge in [0.05, 0.1) is 22.2 Å². The number of para-hydroxylation sites is 2. The molecular weight excluding hydrogens is 438 g/mol. The first-order chi connectivity index (χ1) is 15.8. The van der Waals surface area contributed by atoms with Crippen LogP contribution in [0.2, 0.25) is 0 Å². The third-order valence-electron chi connectivity index (χ3n) is 5.56. The third-order valence-corrected chi connectivity index (χ3v) is 6.94. The first-order valence-electron chi connectivity index (χ1n) is 10.6. The number of anilines is 2. The molecule has 1 heterocycles. The van der Waals surface area contributed by atoms with Gasteiger partial charge in [-0.3, -0.25) is 14.3 Å². The topological polar surface area (TPSA) is 95.6 Å². The van der Waals surface area contributed by atoms with Gasteiger partial charge in [0.15, 0.2) is 0 Å². The van der Waals surface area contributed by atoms with Crippen molar-refractivity contribution < 1.29 is 18.0 Å². The maximum atomic E-state index is 12.9. The van der Waals surface area contributed by atoms with Gasteiger partial charge in [0.1, 0.15) is 0 Å². The molecule has 7 nitrogen and oxygen atoms in total. The summed E-state index contributed by atoms with van der Waals surface area (Å²) < 4.78 is 27.9. The molecule has 0 aliphatic carbocycles. The molecule has 4 rings (SSSR count). The lowest BCUT2D eigenvalue weighted by molar-refractivity contribution is -0.128. The van der Waals surface area contributed by atoms with Crippen LogP contribution in [0.1, 0.15) is 17.5 Å². The predicted molar refractivity (Wildman–Crippen MR) is 127 cm³/mol. The zero-order chi connectivity index (χ0) is 23.4. The van der Waals surface area contributed by atoms with Gasteiger partial charge in [0.2, 0.25) is 11.8 Å². The molecule has 0 spiro atoms. The van der Waals surface area contributed by atoms with Gasteiger partial charge in [-0.1, -0.05) is 60.2 Å². The zero-order valence-electron chi connectivity index (χ0n) is 18.2. The predicted octanol–water partition coefficient (Wildman–Crippen LogP) is 3.78. The molecular formula is C25H25N3O4S. The smallest absolute Gasteiger partial charge is 0.261 e. The molecule has 3 aromatic rings. The minimum Gasteiger partial charge on any atom is -0.338 e. The number of rotatable bonds is 7. The van der Waals surface area contributed by atoms with Crippen LogP contribution < -0.4 is 10.0 Å². The quantitative estimate of drug-likeness (QED) is 0.557. The summed E-state index contributed by atoms with van der Waals surface area (Å²) in [6, 6.07) is 22.5. The van der Waals surface area contributed by atoms with Crippen molar-refractivity contribution in [3.63, 3.8) is 0 Å². The van der Waals surface area contributed by atoms with E-state index >= 15 is 0 Å². The van der Waals surface area contributed by atoms with Crippen molar-refractivity contribution in [2.45, 2.75) is 24.8 Å². The highest BCUT2D eigenvalue weighted by Gasteiger charge is 2.34. The van der Waals surface area contributed by atoms with Crippen LogP contribution in [0.15, 0.2) is 83.8 Å². The Morgan fingerprint density at radius 3 is 2.27 bits per heavy atom. The third kappa shape index (κ3) is 5.40. The van der Waals surface area contributed by atoms with Crippen molar-refractivity contribution in [3.8, 4) is 0 Å². The fraction of sp³-hybridized carbons (Fsp3) is 0.200. The Morgan fingerprint density at radius 1 is 0.939 bits per heavy atom. The van der Waals surface area contributed by atoms with Gasteiger partial charge in [0.25, 0.3) is 10.0 Å². The van der Waals surface area contributed by atoms with Gasteiger partial charge in [0, 0.05) is 19.5 Å². The zero-order valence-corrected chi connectivity index (χ0v) is 19.0. The van der Waals surface area contributed by atoms with E-state index in [2.05, 4.69) is 10.0 Å². The van der Waals surface area contributed by atoms with E-state index < -0.39 is 15.9 Å². The molecule has 8 heteroatoms. The van der Waals surface area contributed by atoms with Crippen molar-refractivity contribution >= 4 is 33.2 Å². The number of nitrogens with zero attached hydrogens (tertiary/aromatic N) is 1. The van der Waals surface area contributed by atoms with Gasteiger partial charge in [-0.2, -0.15) is 0 Å². The number of hydrogen-bond donors (Lipinski definition) is 2. The summed E-state index contributed by atoms with van der Waals surface area (Å²) >= 11 is 0. The Balaban J connectivity index is 1.44. The average Bonchev–Trinajstić information content (AvgIpc) is 3.17. The number of benzene rings is 3. The van der Waals surface area contributed by atoms with Crippen molar-refractivity contribution in [1.29, 1.82) is 0 Å². The second kappa shape index (κ2) is 9.46. The molecule has 1 fully saturated rings. The molecule has 0 bridgehead atoms. The summed E-state index contributed by atoms with van der Waals surface area (Å²) in [5.74, 6) is -0.906. The van der Waals surface area contributed by atoms with Crippen LogP contribution >= 0.6 is 0 Å². The Morgan fingerprint density at radius 2 is 1.58 bits per heavy atom. The van der Waals surface area contributed by atoms with E-state index in [1.807, 2.05) is 31.2 Å². The Bertz CT molecular complexity index is 1260. The summed E-state index contributed by atoms with van der Waals surface area (Å²) in [6.07, 6.45) is 0.121. The van der Waals surface area contributed by atoms with E-state index in [1.165, 1.54) is 12.1 Å². The van der Waals surface area contributed by atoms with E-state index in [1.54, 1.807) is 47.4 Å². The summed E-state index contributed by atoms with van der Waals surface area (Å²) in [4.78, 5) is 27.2. The number of hydrogen-bond acceptors (Lipinski definition) is 4. The first-order valence-corrected chi connectivity index (χ1v) is 12.1. The molecule has 3 aromatic carbocycles. The highest BCUT2D eigenvalue weighted by atomic mass is 32.2. The summed E-state index contributed by atoms with van der Waals surface area (Å²) in [5, 5.41) is 2.79. The fourth-order valence-corrected chi connectivity index (χ4v) is 4.83. The average molecular weight is 464 g/mol. The van der Waals surface area contributed by atoms with E-state index in [9.17, 15) is 18.0 Å². The second-order valence-electron chi connectivity index (χ2n) is 8.11. The minimum atomic E-state index is -3.81. The summed E-state index contributed by atoms with van der Waals surface area (Å²) in [7, 11) is -3.81. The maximum Gasteiger partial charge on any atom is 0.261 e. The summed E-state index contributed by atoms with van der Waals surface area (Å²) in [5.41, 5.74) is 2.75. The number of carbonyl (C=O) groups excluding carboxylic acids is 2. The molecule has 170 valence electrons. The number of aryl methyl sites for hydroxylation is 1. The molecule has 1 saturated heterocycles. The van der Waals surface area contributed by atoms with Crippen LogP contribution in [0.3, 0.4) is 0 Å². The maximum absolute atomic E-state index is 12.9. The highest BCUT2D eigenvalue weighted by Crippen LogP contribution is 2.27. The van der Waals surface area contributed by atoms with Crippen LogP contribution in [-0.2, 0) is 26.2 Å². The first kappa shape index (κ1) is 22.5. The lowest BCUT2D eigenvalue weighted by Crippen LogP contribution is -2.28. The second-order valence-corrected chi connectivity index (χ2v) is 9.80. The molecule has 1 aliphatic heterocycles. The molecule has 0 saturated carbocycles. The minimum absolute atomic E-state index is 0.0752. The number of amides is 2. The molecule has 0 radical (unpaired) electrons. The van der Waals surface area contributed by atoms with E-state index in [-0.39, 0.29) is 28.8 Å². The van der Waals surface area contributed by atoms with Gasteiger partial charge < -0.3 is 10.2 Å². The van der Waals surface area contributed by atoms with E-state index in [4.69, 9.17) is 0 Å². The van der Waals surface area contributed by atoms with E-state index in [0.717, 1.165) is 11.1 Å². The standard InChI is InChI=1S/C25H25N3O4S/c1-18-11-13-19(14-12-18)16-28-17-20(15-24(28)29)25(30)26-22-9-5-6-10-23(22)27-33(31,32)21-7-3-2-4-8-21/h2-14,20,27H,15-17H2,1H3,(H,26,30). The molecule has 1 aliphatic rings. The van der Waals surface area contributed by atoms with Crippen LogP contribution in [0, 0.1) is 12.8 Å². The van der Waals surface area contributed by atoms with Crippen LogP contribution in [0.5, 0.6) is 0 Å². The number of likely N-dealkylation sites (tertiary alicyclic amines) is 1. The Kier molecular flexibility index (Phi) is 6.46. The largest absolute Gasteiger partial charge is 0.338 e. The molecule has 0 aromatic heterocycles. The van der Waals surface area contributed by atoms with Crippen LogP contribution in [0.4, 0.5) is 11.4 Å². The van der Waals surface area contributed by atoms with Crippen molar-refractivity contribution in [3.05, 3.63) is 90.0 Å². The van der Waals surface area contributed by atoms with Gasteiger partial charge in [-0.05, 0) is 36.8 Å². The van der Waals surface area contributed by atoms with Crippen LogP contribution in [-0.4, -0.2) is 31.7 Å². The normalized spacial score (nSPS) is 16.0. The highest BCUT2D eigenvalue weighted by molar-refractivity contribution is 7.92. The van der Waals surface area contributed by atoms with Crippen molar-refractivity contribution in [2.75, 3.05) is 16.6 Å². The van der Waals surface area contributed by atoms with Crippen LogP contribution in [0.25, 0.3) is 0 Å². The molecule has 2 N–H and O–H groups in total. The van der Waals surface area contributed by atoms with Crippen molar-refractivity contribution in [1.82, 2.24) is 4.90 Å². The molecule has 33 heavy (non-hydrogen) atoms. The molecule has 1 unspecified atom stereocenters. The monoisotopic (exact) mass is 463 g/mol. The van der Waals surface area contributed by atoms with Crippen molar-refractivity contribution in [2.24, 2.45) is 5.92 Å².